The molecule has 0 aliphatic rings. The number of hydrogen-bond donors (Lipinski definition) is 0. The molecule has 0 aromatic heterocycles. The summed E-state index contributed by atoms with van der Waals surface area (Å²) in [5.41, 5.74) is 3.59. The van der Waals surface area contributed by atoms with E-state index in [-0.39, 0.29) is 5.97 Å². The van der Waals surface area contributed by atoms with Gasteiger partial charge in [-0.25, -0.2) is 0 Å². The minimum absolute atomic E-state index is 0.220. The van der Waals surface area contributed by atoms with Gasteiger partial charge in [-0.3, -0.25) is 4.79 Å². The molecule has 1 aromatic carbocycles. The molecule has 0 N–H and O–H groups in total. The predicted octanol–water partition coefficient (Wildman–Crippen LogP) is 4.14. The van der Waals surface area contributed by atoms with Crippen LogP contribution in [0.15, 0.2) is 72.7 Å². The van der Waals surface area contributed by atoms with Crippen molar-refractivity contribution in [2.24, 2.45) is 0 Å². The number of aryl methyl sites for hydroxylation is 1. The summed E-state index contributed by atoms with van der Waals surface area (Å²) >= 11 is 0. The number of ether oxygens (including phenoxy) is 3. The van der Waals surface area contributed by atoms with Crippen LogP contribution < -0.4 is 0 Å². The minimum atomic E-state index is -0.220. The van der Waals surface area contributed by atoms with Crippen molar-refractivity contribution in [1.82, 2.24) is 0 Å². The van der Waals surface area contributed by atoms with E-state index in [2.05, 4.69) is 30.5 Å². The van der Waals surface area contributed by atoms with Crippen LogP contribution in [0.3, 0.4) is 0 Å². The van der Waals surface area contributed by atoms with Crippen LogP contribution in [0, 0.1) is 0 Å². The molecule has 0 atom stereocenters. The molecule has 0 saturated carbocycles. The van der Waals surface area contributed by atoms with Crippen molar-refractivity contribution in [1.29, 1.82) is 0 Å². The van der Waals surface area contributed by atoms with Gasteiger partial charge in [0.15, 0.2) is 0 Å². The second-order valence-corrected chi connectivity index (χ2v) is 5.44. The van der Waals surface area contributed by atoms with Crippen molar-refractivity contribution in [2.75, 3.05) is 21.3 Å². The number of carbonyl (C=O) groups excluding carboxylic acids is 1. The van der Waals surface area contributed by atoms with Gasteiger partial charge in [0.05, 0.1) is 21.3 Å². The molecule has 134 valence electrons. The smallest absolute Gasteiger partial charge is 0.305 e. The summed E-state index contributed by atoms with van der Waals surface area (Å²) in [6.07, 6.45) is 3.18. The topological polar surface area (TPSA) is 44.8 Å². The fourth-order valence-electron chi connectivity index (χ4n) is 2.42. The normalized spacial score (nSPS) is 11.2. The standard InChI is InChI=1S/C21H26O4/c1-7-15(2)21(25-6)19(16(3)23-4)14-18-10-8-9-17(13-18)11-12-20(22)24-5/h7-10,13H,1-3,11-12,14H2,4-6H3/b21-19+. The van der Waals surface area contributed by atoms with Gasteiger partial charge in [-0.2, -0.15) is 0 Å². The highest BCUT2D eigenvalue weighted by atomic mass is 16.5. The van der Waals surface area contributed by atoms with E-state index in [0.29, 0.717) is 36.4 Å². The molecule has 0 spiro atoms. The highest BCUT2D eigenvalue weighted by Gasteiger charge is 2.15. The van der Waals surface area contributed by atoms with Crippen molar-refractivity contribution in [3.63, 3.8) is 0 Å². The Balaban J connectivity index is 3.11. The molecule has 0 heterocycles. The van der Waals surface area contributed by atoms with E-state index < -0.39 is 0 Å². The van der Waals surface area contributed by atoms with Crippen LogP contribution in [0.4, 0.5) is 0 Å². The number of carbonyl (C=O) groups is 1. The third-order valence-corrected chi connectivity index (χ3v) is 3.82. The van der Waals surface area contributed by atoms with Crippen molar-refractivity contribution in [3.8, 4) is 0 Å². The molecule has 0 amide bonds. The van der Waals surface area contributed by atoms with Crippen LogP contribution in [0.25, 0.3) is 0 Å². The van der Waals surface area contributed by atoms with E-state index >= 15 is 0 Å². The summed E-state index contributed by atoms with van der Waals surface area (Å²) < 4.78 is 15.5. The lowest BCUT2D eigenvalue weighted by Gasteiger charge is -2.16. The average molecular weight is 342 g/mol. The minimum Gasteiger partial charge on any atom is -0.497 e. The summed E-state index contributed by atoms with van der Waals surface area (Å²) in [6.45, 7) is 11.6. The van der Waals surface area contributed by atoms with E-state index in [0.717, 1.165) is 16.7 Å². The van der Waals surface area contributed by atoms with Gasteiger partial charge in [0.25, 0.3) is 0 Å². The number of benzene rings is 1. The Morgan fingerprint density at radius 3 is 2.32 bits per heavy atom. The zero-order valence-electron chi connectivity index (χ0n) is 15.3. The summed E-state index contributed by atoms with van der Waals surface area (Å²) in [7, 11) is 4.55. The maximum Gasteiger partial charge on any atom is 0.305 e. The molecular formula is C21H26O4. The first-order valence-corrected chi connectivity index (χ1v) is 7.93. The Kier molecular flexibility index (Phi) is 8.27. The second-order valence-electron chi connectivity index (χ2n) is 5.44. The molecule has 1 rings (SSSR count). The first-order valence-electron chi connectivity index (χ1n) is 7.93. The van der Waals surface area contributed by atoms with Crippen LogP contribution >= 0.6 is 0 Å². The van der Waals surface area contributed by atoms with Crippen LogP contribution in [-0.2, 0) is 31.8 Å². The maximum absolute atomic E-state index is 11.3. The molecule has 0 radical (unpaired) electrons. The van der Waals surface area contributed by atoms with Crippen LogP contribution in [0.1, 0.15) is 17.5 Å². The lowest BCUT2D eigenvalue weighted by atomic mass is 9.97. The molecule has 4 nitrogen and oxygen atoms in total. The Morgan fingerprint density at radius 2 is 1.76 bits per heavy atom. The third kappa shape index (κ3) is 5.99. The van der Waals surface area contributed by atoms with Gasteiger partial charge in [0.1, 0.15) is 11.5 Å². The molecular weight excluding hydrogens is 316 g/mol. The molecule has 25 heavy (non-hydrogen) atoms. The Hall–Kier alpha value is -2.75. The van der Waals surface area contributed by atoms with Crippen molar-refractivity contribution in [3.05, 3.63) is 83.9 Å². The molecule has 4 heteroatoms. The maximum atomic E-state index is 11.3. The number of esters is 1. The SMILES string of the molecule is C=CC(=C)/C(OC)=C(/Cc1cccc(CCC(=O)OC)c1)C(=C)OC. The van der Waals surface area contributed by atoms with Gasteiger partial charge in [0, 0.05) is 24.0 Å². The number of allylic oxidation sites excluding steroid dienone is 2. The largest absolute Gasteiger partial charge is 0.497 e. The van der Waals surface area contributed by atoms with Crippen LogP contribution in [0.2, 0.25) is 0 Å². The number of methoxy groups -OCH3 is 3. The first-order chi connectivity index (χ1) is 12.0. The quantitative estimate of drug-likeness (QED) is 0.364. The third-order valence-electron chi connectivity index (χ3n) is 3.82. The Morgan fingerprint density at radius 1 is 1.08 bits per heavy atom. The summed E-state index contributed by atoms with van der Waals surface area (Å²) in [5, 5.41) is 0. The number of rotatable bonds is 10. The zero-order chi connectivity index (χ0) is 18.8. The molecule has 0 saturated heterocycles. The zero-order valence-corrected chi connectivity index (χ0v) is 15.3. The second kappa shape index (κ2) is 10.2. The van der Waals surface area contributed by atoms with E-state index in [9.17, 15) is 4.79 Å². The average Bonchev–Trinajstić information content (AvgIpc) is 2.65. The van der Waals surface area contributed by atoms with E-state index in [1.807, 2.05) is 18.2 Å². The van der Waals surface area contributed by atoms with Crippen molar-refractivity contribution < 1.29 is 19.0 Å². The van der Waals surface area contributed by atoms with E-state index in [1.165, 1.54) is 7.11 Å². The van der Waals surface area contributed by atoms with Crippen molar-refractivity contribution in [2.45, 2.75) is 19.3 Å². The molecule has 0 aliphatic heterocycles. The van der Waals surface area contributed by atoms with Crippen LogP contribution in [-0.4, -0.2) is 27.3 Å². The van der Waals surface area contributed by atoms with Gasteiger partial charge in [0.2, 0.25) is 0 Å². The van der Waals surface area contributed by atoms with E-state index in [1.54, 1.807) is 20.3 Å². The summed E-state index contributed by atoms with van der Waals surface area (Å²) in [6, 6.07) is 8.01. The fourth-order valence-corrected chi connectivity index (χ4v) is 2.42. The van der Waals surface area contributed by atoms with Crippen LogP contribution in [0.5, 0.6) is 0 Å². The van der Waals surface area contributed by atoms with Gasteiger partial charge in [-0.05, 0) is 17.5 Å². The van der Waals surface area contributed by atoms with E-state index in [4.69, 9.17) is 9.47 Å². The first kappa shape index (κ1) is 20.3. The molecule has 0 bridgehead atoms. The molecule has 0 aliphatic carbocycles. The van der Waals surface area contributed by atoms with Gasteiger partial charge in [-0.1, -0.05) is 50.1 Å². The molecule has 0 unspecified atom stereocenters. The highest BCUT2D eigenvalue weighted by molar-refractivity contribution is 5.69. The van der Waals surface area contributed by atoms with Crippen molar-refractivity contribution >= 4 is 5.97 Å². The summed E-state index contributed by atoms with van der Waals surface area (Å²) in [5.74, 6) is 0.893. The van der Waals surface area contributed by atoms with Gasteiger partial charge < -0.3 is 14.2 Å². The molecule has 0 fully saturated rings. The van der Waals surface area contributed by atoms with Gasteiger partial charge in [-0.15, -0.1) is 0 Å². The lowest BCUT2D eigenvalue weighted by molar-refractivity contribution is -0.140. The highest BCUT2D eigenvalue weighted by Crippen LogP contribution is 2.25. The van der Waals surface area contributed by atoms with Gasteiger partial charge >= 0.3 is 5.97 Å². The fraction of sp³-hybridized carbons (Fsp3) is 0.286. The predicted molar refractivity (Wildman–Crippen MR) is 100 cm³/mol. The molecule has 1 aromatic rings. The monoisotopic (exact) mass is 342 g/mol. The number of hydrogen-bond acceptors (Lipinski definition) is 4. The Bertz CT molecular complexity index is 683. The Labute approximate surface area is 150 Å². The summed E-state index contributed by atoms with van der Waals surface area (Å²) in [4.78, 5) is 11.3. The lowest BCUT2D eigenvalue weighted by Crippen LogP contribution is -2.05.